The van der Waals surface area contributed by atoms with Crippen molar-refractivity contribution < 1.29 is 19.1 Å². The Labute approximate surface area is 188 Å². The van der Waals surface area contributed by atoms with Gasteiger partial charge in [0, 0.05) is 24.6 Å². The van der Waals surface area contributed by atoms with Crippen LogP contribution in [0.3, 0.4) is 0 Å². The van der Waals surface area contributed by atoms with E-state index in [2.05, 4.69) is 36.7 Å². The van der Waals surface area contributed by atoms with Crippen LogP contribution in [0.2, 0.25) is 0 Å². The van der Waals surface area contributed by atoms with Crippen LogP contribution in [0.4, 0.5) is 5.69 Å². The van der Waals surface area contributed by atoms with Crippen molar-refractivity contribution in [2.24, 2.45) is 5.92 Å². The quantitative estimate of drug-likeness (QED) is 0.646. The smallest absolute Gasteiger partial charge is 0.251 e. The highest BCUT2D eigenvalue weighted by Crippen LogP contribution is 2.25. The van der Waals surface area contributed by atoms with E-state index in [9.17, 15) is 14.4 Å². The van der Waals surface area contributed by atoms with E-state index in [4.69, 9.17) is 4.74 Å². The molecule has 3 rings (SSSR count). The minimum atomic E-state index is -0.902. The summed E-state index contributed by atoms with van der Waals surface area (Å²) in [6.45, 7) is 6.83. The van der Waals surface area contributed by atoms with Gasteiger partial charge in [-0.05, 0) is 47.2 Å². The van der Waals surface area contributed by atoms with Crippen molar-refractivity contribution in [3.8, 4) is 5.75 Å². The van der Waals surface area contributed by atoms with Crippen molar-refractivity contribution >= 4 is 23.4 Å². The van der Waals surface area contributed by atoms with Gasteiger partial charge in [-0.1, -0.05) is 45.0 Å². The topological polar surface area (TPSA) is 96.5 Å². The van der Waals surface area contributed by atoms with E-state index in [0.717, 1.165) is 5.56 Å². The molecule has 2 aromatic carbocycles. The molecule has 1 aliphatic heterocycles. The van der Waals surface area contributed by atoms with Crippen LogP contribution in [0.15, 0.2) is 48.5 Å². The van der Waals surface area contributed by atoms with Crippen molar-refractivity contribution in [3.05, 3.63) is 59.7 Å². The standard InChI is InChI=1S/C25H31N3O4/c1-25(2,3)18-7-9-19(10-8-18)27-24(31)22(16-5-11-20(32-4)12-6-16)28-23(30)17-13-14-26-21(29)15-17/h5-12,17,22H,13-15H2,1-4H3,(H,26,29)(H,27,31)(H,28,30). The lowest BCUT2D eigenvalue weighted by Gasteiger charge is -2.25. The Balaban J connectivity index is 1.79. The van der Waals surface area contributed by atoms with Gasteiger partial charge in [-0.2, -0.15) is 0 Å². The summed E-state index contributed by atoms with van der Waals surface area (Å²) in [6, 6.07) is 13.8. The van der Waals surface area contributed by atoms with E-state index < -0.39 is 12.0 Å². The number of piperidine rings is 1. The summed E-state index contributed by atoms with van der Waals surface area (Å²) in [4.78, 5) is 37.8. The van der Waals surface area contributed by atoms with Crippen molar-refractivity contribution in [1.29, 1.82) is 0 Å². The number of amides is 3. The highest BCUT2D eigenvalue weighted by atomic mass is 16.5. The molecule has 0 aliphatic carbocycles. The molecule has 170 valence electrons. The average Bonchev–Trinajstić information content (AvgIpc) is 2.77. The van der Waals surface area contributed by atoms with Gasteiger partial charge in [0.25, 0.3) is 5.91 Å². The molecule has 1 heterocycles. The van der Waals surface area contributed by atoms with Gasteiger partial charge in [-0.25, -0.2) is 0 Å². The number of carbonyl (C=O) groups is 3. The molecule has 1 saturated heterocycles. The first-order valence-electron chi connectivity index (χ1n) is 10.8. The summed E-state index contributed by atoms with van der Waals surface area (Å²) in [5.41, 5.74) is 2.44. The zero-order chi connectivity index (χ0) is 23.3. The molecule has 0 radical (unpaired) electrons. The molecule has 1 fully saturated rings. The van der Waals surface area contributed by atoms with Gasteiger partial charge in [0.15, 0.2) is 0 Å². The third kappa shape index (κ3) is 5.87. The highest BCUT2D eigenvalue weighted by Gasteiger charge is 2.30. The monoisotopic (exact) mass is 437 g/mol. The van der Waals surface area contributed by atoms with Crippen LogP contribution in [0.1, 0.15) is 50.8 Å². The van der Waals surface area contributed by atoms with Crippen LogP contribution < -0.4 is 20.7 Å². The van der Waals surface area contributed by atoms with E-state index in [1.807, 2.05) is 24.3 Å². The largest absolute Gasteiger partial charge is 0.497 e. The molecular weight excluding hydrogens is 406 g/mol. The lowest BCUT2D eigenvalue weighted by atomic mass is 9.87. The summed E-state index contributed by atoms with van der Waals surface area (Å²) >= 11 is 0. The van der Waals surface area contributed by atoms with Crippen molar-refractivity contribution in [2.75, 3.05) is 19.0 Å². The number of rotatable bonds is 6. The number of ether oxygens (including phenoxy) is 1. The Morgan fingerprint density at radius 1 is 1.06 bits per heavy atom. The van der Waals surface area contributed by atoms with Crippen LogP contribution in [0.5, 0.6) is 5.75 Å². The van der Waals surface area contributed by atoms with Crippen LogP contribution >= 0.6 is 0 Å². The van der Waals surface area contributed by atoms with Gasteiger partial charge in [-0.3, -0.25) is 14.4 Å². The Morgan fingerprint density at radius 2 is 1.72 bits per heavy atom. The average molecular weight is 438 g/mol. The SMILES string of the molecule is COc1ccc(C(NC(=O)C2CCNC(=O)C2)C(=O)Nc2ccc(C(C)(C)C)cc2)cc1. The molecule has 2 aromatic rings. The minimum absolute atomic E-state index is 0.00836. The molecule has 0 saturated carbocycles. The van der Waals surface area contributed by atoms with Crippen molar-refractivity contribution in [2.45, 2.75) is 45.1 Å². The third-order valence-corrected chi connectivity index (χ3v) is 5.63. The predicted molar refractivity (Wildman–Crippen MR) is 123 cm³/mol. The van der Waals surface area contributed by atoms with E-state index in [0.29, 0.717) is 30.0 Å². The van der Waals surface area contributed by atoms with Gasteiger partial charge >= 0.3 is 0 Å². The Morgan fingerprint density at radius 3 is 2.28 bits per heavy atom. The summed E-state index contributed by atoms with van der Waals surface area (Å²) in [6.07, 6.45) is 0.667. The molecule has 2 unspecified atom stereocenters. The van der Waals surface area contributed by atoms with Gasteiger partial charge in [0.2, 0.25) is 11.8 Å². The van der Waals surface area contributed by atoms with Crippen LogP contribution in [-0.2, 0) is 19.8 Å². The molecule has 0 bridgehead atoms. The molecule has 2 atom stereocenters. The Hall–Kier alpha value is -3.35. The first-order valence-corrected chi connectivity index (χ1v) is 10.8. The van der Waals surface area contributed by atoms with E-state index >= 15 is 0 Å². The molecule has 3 amide bonds. The lowest BCUT2D eigenvalue weighted by molar-refractivity contribution is -0.134. The zero-order valence-electron chi connectivity index (χ0n) is 19.0. The molecule has 32 heavy (non-hydrogen) atoms. The molecular formula is C25H31N3O4. The van der Waals surface area contributed by atoms with Crippen LogP contribution in [-0.4, -0.2) is 31.4 Å². The summed E-state index contributed by atoms with van der Waals surface area (Å²) < 4.78 is 5.20. The fraction of sp³-hybridized carbons (Fsp3) is 0.400. The summed E-state index contributed by atoms with van der Waals surface area (Å²) in [7, 11) is 1.57. The van der Waals surface area contributed by atoms with Gasteiger partial charge in [0.05, 0.1) is 7.11 Å². The number of hydrogen-bond donors (Lipinski definition) is 3. The Kier molecular flexibility index (Phi) is 7.18. The maximum atomic E-state index is 13.2. The number of benzene rings is 2. The zero-order valence-corrected chi connectivity index (χ0v) is 19.0. The second-order valence-corrected chi connectivity index (χ2v) is 9.07. The molecule has 0 spiro atoms. The van der Waals surface area contributed by atoms with Crippen molar-refractivity contribution in [1.82, 2.24) is 10.6 Å². The van der Waals surface area contributed by atoms with Gasteiger partial charge < -0.3 is 20.7 Å². The Bertz CT molecular complexity index is 962. The fourth-order valence-electron chi connectivity index (χ4n) is 3.63. The maximum absolute atomic E-state index is 13.2. The third-order valence-electron chi connectivity index (χ3n) is 5.63. The van der Waals surface area contributed by atoms with Gasteiger partial charge in [-0.15, -0.1) is 0 Å². The van der Waals surface area contributed by atoms with Crippen LogP contribution in [0.25, 0.3) is 0 Å². The molecule has 1 aliphatic rings. The summed E-state index contributed by atoms with van der Waals surface area (Å²) in [5, 5.41) is 8.47. The van der Waals surface area contributed by atoms with E-state index in [-0.39, 0.29) is 29.6 Å². The molecule has 3 N–H and O–H groups in total. The number of hydrogen-bond acceptors (Lipinski definition) is 4. The lowest BCUT2D eigenvalue weighted by Crippen LogP contribution is -2.44. The number of nitrogens with one attached hydrogen (secondary N) is 3. The molecule has 7 nitrogen and oxygen atoms in total. The first kappa shape index (κ1) is 23.3. The normalized spacial score (nSPS) is 17.1. The van der Waals surface area contributed by atoms with Crippen LogP contribution in [0, 0.1) is 5.92 Å². The second-order valence-electron chi connectivity index (χ2n) is 9.07. The molecule has 0 aromatic heterocycles. The highest BCUT2D eigenvalue weighted by molar-refractivity contribution is 5.98. The second kappa shape index (κ2) is 9.85. The minimum Gasteiger partial charge on any atom is -0.497 e. The maximum Gasteiger partial charge on any atom is 0.251 e. The molecule has 7 heteroatoms. The summed E-state index contributed by atoms with van der Waals surface area (Å²) in [5.74, 6) is -0.615. The van der Waals surface area contributed by atoms with E-state index in [1.54, 1.807) is 31.4 Å². The first-order chi connectivity index (χ1) is 15.2. The fourth-order valence-corrected chi connectivity index (χ4v) is 3.63. The van der Waals surface area contributed by atoms with Crippen molar-refractivity contribution in [3.63, 3.8) is 0 Å². The predicted octanol–water partition coefficient (Wildman–Crippen LogP) is 3.31. The number of carbonyl (C=O) groups excluding carboxylic acids is 3. The van der Waals surface area contributed by atoms with E-state index in [1.165, 1.54) is 0 Å². The van der Waals surface area contributed by atoms with Gasteiger partial charge in [0.1, 0.15) is 11.8 Å². The number of methoxy groups -OCH3 is 1. The number of anilines is 1.